The first-order chi connectivity index (χ1) is 5.99. The van der Waals surface area contributed by atoms with Crippen LogP contribution in [0.2, 0.25) is 0 Å². The molecule has 4 atom stereocenters. The highest BCUT2D eigenvalue weighted by molar-refractivity contribution is 5.12. The average Bonchev–Trinajstić information content (AvgIpc) is 2.79. The molecule has 1 rings (SSSR count). The van der Waals surface area contributed by atoms with Gasteiger partial charge in [0.15, 0.2) is 0 Å². The molecule has 1 saturated heterocycles. The molecule has 0 saturated carbocycles. The summed E-state index contributed by atoms with van der Waals surface area (Å²) < 4.78 is 5.06. The molecule has 0 aromatic heterocycles. The number of hydrogen-bond donors (Lipinski definition) is 3. The lowest BCUT2D eigenvalue weighted by Crippen LogP contribution is -2.38. The molecule has 0 aromatic rings. The van der Waals surface area contributed by atoms with Crippen molar-refractivity contribution in [3.05, 3.63) is 12.2 Å². The van der Waals surface area contributed by atoms with E-state index in [1.165, 1.54) is 12.2 Å². The van der Waals surface area contributed by atoms with E-state index in [2.05, 4.69) is 0 Å². The third-order valence-corrected chi connectivity index (χ3v) is 2.12. The fourth-order valence-electron chi connectivity index (χ4n) is 1.25. The molecule has 4 nitrogen and oxygen atoms in total. The molecule has 4 heteroatoms. The minimum Gasteiger partial charge on any atom is -0.393 e. The van der Waals surface area contributed by atoms with E-state index in [1.807, 2.05) is 6.92 Å². The smallest absolute Gasteiger partial charge is 0.134 e. The van der Waals surface area contributed by atoms with Crippen LogP contribution in [0.1, 0.15) is 13.8 Å². The summed E-state index contributed by atoms with van der Waals surface area (Å²) in [5.41, 5.74) is -1.35. The lowest BCUT2D eigenvalue weighted by Gasteiger charge is -2.19. The summed E-state index contributed by atoms with van der Waals surface area (Å²) >= 11 is 0. The molecule has 0 aromatic carbocycles. The summed E-state index contributed by atoms with van der Waals surface area (Å²) in [6.45, 7) is 3.00. The van der Waals surface area contributed by atoms with E-state index in [1.54, 1.807) is 6.92 Å². The van der Waals surface area contributed by atoms with Crippen LogP contribution in [0.3, 0.4) is 0 Å². The van der Waals surface area contributed by atoms with Crippen LogP contribution in [-0.4, -0.2) is 45.8 Å². The van der Waals surface area contributed by atoms with E-state index < -0.39 is 18.3 Å². The van der Waals surface area contributed by atoms with Gasteiger partial charge in [-0.25, -0.2) is 0 Å². The molecule has 3 unspecified atom stereocenters. The SMILES string of the molecule is CC(O)C=C[C@@](O)(CO)C1OC1C. The van der Waals surface area contributed by atoms with Gasteiger partial charge in [-0.15, -0.1) is 0 Å². The van der Waals surface area contributed by atoms with Crippen LogP contribution in [0.4, 0.5) is 0 Å². The number of ether oxygens (including phenoxy) is 1. The molecule has 0 amide bonds. The Bertz CT molecular complexity index is 202. The molecular weight excluding hydrogens is 172 g/mol. The number of aliphatic hydroxyl groups excluding tert-OH is 2. The zero-order valence-electron chi connectivity index (χ0n) is 7.84. The lowest BCUT2D eigenvalue weighted by molar-refractivity contribution is 0.00367. The van der Waals surface area contributed by atoms with Crippen LogP contribution in [0.15, 0.2) is 12.2 Å². The molecule has 13 heavy (non-hydrogen) atoms. The van der Waals surface area contributed by atoms with Crippen molar-refractivity contribution in [1.82, 2.24) is 0 Å². The summed E-state index contributed by atoms with van der Waals surface area (Å²) in [7, 11) is 0. The van der Waals surface area contributed by atoms with Crippen molar-refractivity contribution in [3.63, 3.8) is 0 Å². The average molecular weight is 188 g/mol. The normalized spacial score (nSPS) is 34.5. The Kier molecular flexibility index (Phi) is 3.08. The maximum absolute atomic E-state index is 9.81. The first-order valence-corrected chi connectivity index (χ1v) is 4.36. The van der Waals surface area contributed by atoms with Crippen molar-refractivity contribution >= 4 is 0 Å². The minimum atomic E-state index is -1.35. The highest BCUT2D eigenvalue weighted by Crippen LogP contribution is 2.32. The topological polar surface area (TPSA) is 73.2 Å². The fourth-order valence-corrected chi connectivity index (χ4v) is 1.25. The molecule has 0 radical (unpaired) electrons. The van der Waals surface area contributed by atoms with Gasteiger partial charge >= 0.3 is 0 Å². The van der Waals surface area contributed by atoms with E-state index in [0.717, 1.165) is 0 Å². The molecule has 1 fully saturated rings. The van der Waals surface area contributed by atoms with Crippen molar-refractivity contribution in [2.24, 2.45) is 0 Å². The van der Waals surface area contributed by atoms with Gasteiger partial charge in [-0.1, -0.05) is 6.08 Å². The second-order valence-electron chi connectivity index (χ2n) is 3.51. The van der Waals surface area contributed by atoms with Crippen LogP contribution in [0.5, 0.6) is 0 Å². The number of epoxide rings is 1. The summed E-state index contributed by atoms with van der Waals surface area (Å²) in [5.74, 6) is 0. The lowest BCUT2D eigenvalue weighted by atomic mass is 9.98. The number of rotatable bonds is 4. The van der Waals surface area contributed by atoms with Gasteiger partial charge < -0.3 is 20.1 Å². The zero-order valence-corrected chi connectivity index (χ0v) is 7.84. The Morgan fingerprint density at radius 3 is 2.46 bits per heavy atom. The summed E-state index contributed by atoms with van der Waals surface area (Å²) in [6, 6.07) is 0. The largest absolute Gasteiger partial charge is 0.393 e. The predicted molar refractivity (Wildman–Crippen MR) is 47.2 cm³/mol. The Morgan fingerprint density at radius 2 is 2.15 bits per heavy atom. The van der Waals surface area contributed by atoms with Crippen molar-refractivity contribution in [2.75, 3.05) is 6.61 Å². The molecule has 0 aliphatic carbocycles. The van der Waals surface area contributed by atoms with E-state index in [4.69, 9.17) is 14.9 Å². The summed E-state index contributed by atoms with van der Waals surface area (Å²) in [5, 5.41) is 27.7. The van der Waals surface area contributed by atoms with Gasteiger partial charge in [-0.2, -0.15) is 0 Å². The number of aliphatic hydroxyl groups is 3. The highest BCUT2D eigenvalue weighted by Gasteiger charge is 2.49. The van der Waals surface area contributed by atoms with Crippen LogP contribution >= 0.6 is 0 Å². The maximum atomic E-state index is 9.81. The molecular formula is C9H16O4. The molecule has 0 spiro atoms. The first-order valence-electron chi connectivity index (χ1n) is 4.36. The highest BCUT2D eigenvalue weighted by atomic mass is 16.6. The Balaban J connectivity index is 2.59. The second-order valence-corrected chi connectivity index (χ2v) is 3.51. The van der Waals surface area contributed by atoms with Crippen LogP contribution in [0.25, 0.3) is 0 Å². The van der Waals surface area contributed by atoms with Crippen molar-refractivity contribution in [1.29, 1.82) is 0 Å². The summed E-state index contributed by atoms with van der Waals surface area (Å²) in [6.07, 6.45) is 1.81. The molecule has 0 bridgehead atoms. The minimum absolute atomic E-state index is 0.0317. The van der Waals surface area contributed by atoms with E-state index in [-0.39, 0.29) is 12.2 Å². The maximum Gasteiger partial charge on any atom is 0.134 e. The van der Waals surface area contributed by atoms with Crippen LogP contribution in [0, 0.1) is 0 Å². The fraction of sp³-hybridized carbons (Fsp3) is 0.778. The Morgan fingerprint density at radius 1 is 1.62 bits per heavy atom. The van der Waals surface area contributed by atoms with E-state index >= 15 is 0 Å². The van der Waals surface area contributed by atoms with E-state index in [9.17, 15) is 5.11 Å². The predicted octanol–water partition coefficient (Wildman–Crippen LogP) is -0.566. The van der Waals surface area contributed by atoms with Crippen molar-refractivity contribution in [3.8, 4) is 0 Å². The number of hydrogen-bond acceptors (Lipinski definition) is 4. The molecule has 3 N–H and O–H groups in total. The third-order valence-electron chi connectivity index (χ3n) is 2.12. The van der Waals surface area contributed by atoms with Gasteiger partial charge in [0.25, 0.3) is 0 Å². The Labute approximate surface area is 77.5 Å². The Hall–Kier alpha value is -0.420. The van der Waals surface area contributed by atoms with Crippen molar-refractivity contribution in [2.45, 2.75) is 37.8 Å². The third kappa shape index (κ3) is 2.51. The van der Waals surface area contributed by atoms with Gasteiger partial charge in [-0.05, 0) is 19.9 Å². The standard InChI is InChI=1S/C9H16O4/c1-6(11)3-4-9(12,5-10)8-7(2)13-8/h3-4,6-8,10-12H,5H2,1-2H3/t6?,7?,8?,9-/m1/s1. The molecule has 1 aliphatic heterocycles. The van der Waals surface area contributed by atoms with Gasteiger partial charge in [0, 0.05) is 0 Å². The zero-order chi connectivity index (χ0) is 10.1. The van der Waals surface area contributed by atoms with Gasteiger partial charge in [0.2, 0.25) is 0 Å². The van der Waals surface area contributed by atoms with Crippen molar-refractivity contribution < 1.29 is 20.1 Å². The van der Waals surface area contributed by atoms with Gasteiger partial charge in [0.05, 0.1) is 18.8 Å². The van der Waals surface area contributed by atoms with Crippen LogP contribution < -0.4 is 0 Å². The monoisotopic (exact) mass is 188 g/mol. The van der Waals surface area contributed by atoms with Gasteiger partial charge in [0.1, 0.15) is 11.7 Å². The second kappa shape index (κ2) is 3.75. The molecule has 1 aliphatic rings. The summed E-state index contributed by atoms with van der Waals surface area (Å²) in [4.78, 5) is 0. The molecule has 76 valence electrons. The van der Waals surface area contributed by atoms with E-state index in [0.29, 0.717) is 0 Å². The first kappa shape index (κ1) is 10.7. The quantitative estimate of drug-likeness (QED) is 0.408. The van der Waals surface area contributed by atoms with Crippen LogP contribution in [-0.2, 0) is 4.74 Å². The van der Waals surface area contributed by atoms with Gasteiger partial charge in [-0.3, -0.25) is 0 Å². The molecule has 1 heterocycles.